The van der Waals surface area contributed by atoms with E-state index in [4.69, 9.17) is 9.47 Å². The topological polar surface area (TPSA) is 72.8 Å². The van der Waals surface area contributed by atoms with Gasteiger partial charge in [0.15, 0.2) is 11.6 Å². The highest BCUT2D eigenvalue weighted by Crippen LogP contribution is 2.71. The SMILES string of the molecule is C[C@H]1[C@@H](O)[C@@]2(OC1(C)C)O[C@]13CC[C@H]([C@@H]2C)[C@@]1(C)C=CC1=C3C=CC(=O)[C@]1(C)CC1CC1=O. The Labute approximate surface area is 196 Å². The molecular weight excluding hydrogens is 416 g/mol. The monoisotopic (exact) mass is 452 g/mol. The van der Waals surface area contributed by atoms with E-state index in [1.807, 2.05) is 33.8 Å². The highest BCUT2D eigenvalue weighted by Gasteiger charge is 2.75. The number of hydrogen-bond acceptors (Lipinski definition) is 5. The molecule has 1 unspecified atom stereocenters. The molecule has 1 N–H and O–H groups in total. The van der Waals surface area contributed by atoms with Crippen molar-refractivity contribution < 1.29 is 24.2 Å². The van der Waals surface area contributed by atoms with Crippen LogP contribution >= 0.6 is 0 Å². The number of carbonyl (C=O) groups is 2. The van der Waals surface area contributed by atoms with Crippen LogP contribution in [0.2, 0.25) is 0 Å². The zero-order valence-electron chi connectivity index (χ0n) is 20.6. The summed E-state index contributed by atoms with van der Waals surface area (Å²) in [6.45, 7) is 12.5. The van der Waals surface area contributed by atoms with Gasteiger partial charge in [-0.25, -0.2) is 0 Å². The lowest BCUT2D eigenvalue weighted by Gasteiger charge is -2.60. The van der Waals surface area contributed by atoms with E-state index in [0.717, 1.165) is 24.0 Å². The van der Waals surface area contributed by atoms with E-state index in [2.05, 4.69) is 26.0 Å². The lowest BCUT2D eigenvalue weighted by molar-refractivity contribution is -0.369. The second kappa shape index (κ2) is 6.16. The molecule has 0 aromatic rings. The zero-order chi connectivity index (χ0) is 23.8. The van der Waals surface area contributed by atoms with Crippen molar-refractivity contribution in [2.24, 2.45) is 34.5 Å². The molecule has 6 rings (SSSR count). The fourth-order valence-electron chi connectivity index (χ4n) is 8.10. The molecule has 6 aliphatic rings. The number of allylic oxidation sites excluding steroid dienone is 3. The van der Waals surface area contributed by atoms with Crippen molar-refractivity contribution in [1.82, 2.24) is 0 Å². The maximum absolute atomic E-state index is 13.2. The minimum absolute atomic E-state index is 0.0185. The number of aliphatic hydroxyl groups excluding tert-OH is 1. The molecule has 4 aliphatic carbocycles. The first-order chi connectivity index (χ1) is 15.3. The molecule has 5 heteroatoms. The first-order valence-corrected chi connectivity index (χ1v) is 12.6. The average molecular weight is 453 g/mol. The van der Waals surface area contributed by atoms with Gasteiger partial charge in [0, 0.05) is 29.6 Å². The van der Waals surface area contributed by atoms with Crippen LogP contribution in [0.3, 0.4) is 0 Å². The molecule has 4 fully saturated rings. The molecule has 2 saturated heterocycles. The summed E-state index contributed by atoms with van der Waals surface area (Å²) in [4.78, 5) is 25.1. The number of Topliss-reactive ketones (excluding diaryl/α,β-unsaturated/α-hetero) is 1. The summed E-state index contributed by atoms with van der Waals surface area (Å²) in [7, 11) is 0. The maximum atomic E-state index is 13.2. The van der Waals surface area contributed by atoms with Crippen molar-refractivity contribution in [2.45, 2.75) is 90.3 Å². The number of hydrogen-bond donors (Lipinski definition) is 1. The Bertz CT molecular complexity index is 1070. The van der Waals surface area contributed by atoms with Gasteiger partial charge in [0.1, 0.15) is 17.5 Å². The molecule has 0 radical (unpaired) electrons. The fourth-order valence-corrected chi connectivity index (χ4v) is 8.10. The molecule has 2 heterocycles. The van der Waals surface area contributed by atoms with Crippen molar-refractivity contribution >= 4 is 11.6 Å². The van der Waals surface area contributed by atoms with Crippen LogP contribution < -0.4 is 0 Å². The van der Waals surface area contributed by atoms with E-state index in [1.165, 1.54) is 0 Å². The van der Waals surface area contributed by atoms with E-state index in [9.17, 15) is 14.7 Å². The zero-order valence-corrected chi connectivity index (χ0v) is 20.6. The molecule has 0 amide bonds. The van der Waals surface area contributed by atoms with Gasteiger partial charge >= 0.3 is 0 Å². The normalized spacial score (nSPS) is 53.6. The van der Waals surface area contributed by atoms with Gasteiger partial charge in [0.2, 0.25) is 0 Å². The Hall–Kier alpha value is -1.56. The van der Waals surface area contributed by atoms with E-state index in [0.29, 0.717) is 12.8 Å². The van der Waals surface area contributed by atoms with Crippen molar-refractivity contribution in [3.63, 3.8) is 0 Å². The largest absolute Gasteiger partial charge is 0.387 e. The predicted octanol–water partition coefficient (Wildman–Crippen LogP) is 4.30. The van der Waals surface area contributed by atoms with Crippen LogP contribution in [0.25, 0.3) is 0 Å². The first kappa shape index (κ1) is 21.9. The summed E-state index contributed by atoms with van der Waals surface area (Å²) >= 11 is 0. The number of rotatable bonds is 2. The molecule has 2 saturated carbocycles. The second-order valence-electron chi connectivity index (χ2n) is 12.6. The lowest BCUT2D eigenvalue weighted by atomic mass is 9.54. The molecule has 0 aromatic heterocycles. The standard InChI is InChI=1S/C28H36O5/c1-15-18-10-12-27(33-28(15)23(31)16(2)24(3,4)32-28)20-7-8-22(30)25(5,14-17-13-21(17)29)19(20)9-11-26(18,27)6/h7-9,11,15-18,23,31H,10,12-14H2,1-6H3/t15-,16-,17?,18+,23+,25+,26+,27-,28-/m0/s1. The number of carbonyl (C=O) groups excluding carboxylic acids is 2. The maximum Gasteiger partial charge on any atom is 0.199 e. The Morgan fingerprint density at radius 3 is 2.30 bits per heavy atom. The van der Waals surface area contributed by atoms with Crippen LogP contribution in [0.15, 0.2) is 35.5 Å². The van der Waals surface area contributed by atoms with E-state index >= 15 is 0 Å². The van der Waals surface area contributed by atoms with Crippen LogP contribution in [0.1, 0.15) is 67.2 Å². The highest BCUT2D eigenvalue weighted by molar-refractivity contribution is 6.02. The third kappa shape index (κ3) is 2.39. The van der Waals surface area contributed by atoms with E-state index in [1.54, 1.807) is 6.08 Å². The Morgan fingerprint density at radius 1 is 1.00 bits per heavy atom. The third-order valence-corrected chi connectivity index (χ3v) is 10.7. The predicted molar refractivity (Wildman–Crippen MR) is 123 cm³/mol. The van der Waals surface area contributed by atoms with Gasteiger partial charge in [-0.15, -0.1) is 0 Å². The number of aliphatic hydroxyl groups is 1. The van der Waals surface area contributed by atoms with Gasteiger partial charge in [-0.1, -0.05) is 39.0 Å². The minimum atomic E-state index is -1.08. The Kier molecular flexibility index (Phi) is 4.10. The smallest absolute Gasteiger partial charge is 0.199 e. The van der Waals surface area contributed by atoms with Crippen molar-refractivity contribution in [1.29, 1.82) is 0 Å². The van der Waals surface area contributed by atoms with Gasteiger partial charge in [0.25, 0.3) is 0 Å². The molecule has 9 atom stereocenters. The molecule has 5 nitrogen and oxygen atoms in total. The molecule has 2 aliphatic heterocycles. The molecule has 0 aromatic carbocycles. The van der Waals surface area contributed by atoms with Crippen LogP contribution in [0.4, 0.5) is 0 Å². The fraction of sp³-hybridized carbons (Fsp3) is 0.714. The minimum Gasteiger partial charge on any atom is -0.387 e. The van der Waals surface area contributed by atoms with Gasteiger partial charge in [-0.2, -0.15) is 0 Å². The van der Waals surface area contributed by atoms with Crippen molar-refractivity contribution in [3.8, 4) is 0 Å². The van der Waals surface area contributed by atoms with Crippen LogP contribution in [-0.2, 0) is 19.1 Å². The van der Waals surface area contributed by atoms with E-state index in [-0.39, 0.29) is 40.7 Å². The van der Waals surface area contributed by atoms with Gasteiger partial charge in [-0.3, -0.25) is 9.59 Å². The van der Waals surface area contributed by atoms with E-state index < -0.39 is 28.5 Å². The van der Waals surface area contributed by atoms with Crippen LogP contribution in [0, 0.1) is 34.5 Å². The molecule has 33 heavy (non-hydrogen) atoms. The lowest BCUT2D eigenvalue weighted by Crippen LogP contribution is -2.67. The average Bonchev–Trinajstić information content (AvgIpc) is 3.32. The Morgan fingerprint density at radius 2 is 1.70 bits per heavy atom. The molecule has 178 valence electrons. The number of ketones is 2. The summed E-state index contributed by atoms with van der Waals surface area (Å²) in [5.41, 5.74) is -0.120. The van der Waals surface area contributed by atoms with Gasteiger partial charge in [0.05, 0.1) is 11.0 Å². The Balaban J connectivity index is 1.51. The van der Waals surface area contributed by atoms with Gasteiger partial charge in [-0.05, 0) is 63.2 Å². The first-order valence-electron chi connectivity index (χ1n) is 12.6. The molecule has 2 bridgehead atoms. The molecule has 1 spiro atoms. The molecular formula is C28H36O5. The summed E-state index contributed by atoms with van der Waals surface area (Å²) in [6.07, 6.45) is 10.3. The third-order valence-electron chi connectivity index (χ3n) is 10.7. The van der Waals surface area contributed by atoms with Crippen molar-refractivity contribution in [2.75, 3.05) is 0 Å². The van der Waals surface area contributed by atoms with Gasteiger partial charge < -0.3 is 14.6 Å². The summed E-state index contributed by atoms with van der Waals surface area (Å²) in [6, 6.07) is 0. The van der Waals surface area contributed by atoms with Crippen LogP contribution in [-0.4, -0.2) is 39.8 Å². The second-order valence-corrected chi connectivity index (χ2v) is 12.6. The summed E-state index contributed by atoms with van der Waals surface area (Å²) in [5.74, 6) is -0.540. The summed E-state index contributed by atoms with van der Waals surface area (Å²) in [5, 5.41) is 11.5. The highest BCUT2D eigenvalue weighted by atomic mass is 16.7. The van der Waals surface area contributed by atoms with Crippen molar-refractivity contribution in [3.05, 3.63) is 35.5 Å². The quantitative estimate of drug-likeness (QED) is 0.676. The summed E-state index contributed by atoms with van der Waals surface area (Å²) < 4.78 is 13.9. The van der Waals surface area contributed by atoms with Crippen LogP contribution in [0.5, 0.6) is 0 Å². The number of ether oxygens (including phenoxy) is 2.